The lowest BCUT2D eigenvalue weighted by molar-refractivity contribution is 0.302. The van der Waals surface area contributed by atoms with Crippen molar-refractivity contribution in [2.75, 3.05) is 5.32 Å². The number of fused-ring (bicyclic) bond motifs is 2. The Labute approximate surface area is 204 Å². The Hall–Kier alpha value is -2.80. The second-order valence-corrected chi connectivity index (χ2v) is 10.2. The minimum absolute atomic E-state index is 0.0134. The van der Waals surface area contributed by atoms with Crippen LogP contribution in [0.2, 0.25) is 0 Å². The summed E-state index contributed by atoms with van der Waals surface area (Å²) in [5, 5.41) is 4.68. The van der Waals surface area contributed by atoms with Gasteiger partial charge in [-0.3, -0.25) is 4.98 Å². The highest BCUT2D eigenvalue weighted by Gasteiger charge is 2.26. The lowest BCUT2D eigenvalue weighted by atomic mass is 9.76. The van der Waals surface area contributed by atoms with Crippen molar-refractivity contribution >= 4 is 43.5 Å². The van der Waals surface area contributed by atoms with Gasteiger partial charge in [-0.05, 0) is 98.9 Å². The third-order valence-electron chi connectivity index (χ3n) is 6.92. The van der Waals surface area contributed by atoms with E-state index in [9.17, 15) is 13.6 Å². The van der Waals surface area contributed by atoms with E-state index >= 15 is 0 Å². The van der Waals surface area contributed by atoms with Crippen molar-refractivity contribution in [1.82, 2.24) is 4.98 Å². The molecular formula is C27H25BrF2N2O2. The van der Waals surface area contributed by atoms with Gasteiger partial charge in [-0.2, -0.15) is 4.39 Å². The molecule has 1 atom stereocenters. The molecule has 176 valence electrons. The number of anilines is 1. The number of pyridine rings is 1. The van der Waals surface area contributed by atoms with E-state index in [0.29, 0.717) is 22.8 Å². The van der Waals surface area contributed by atoms with Crippen LogP contribution in [0.1, 0.15) is 50.5 Å². The summed E-state index contributed by atoms with van der Waals surface area (Å²) in [6.45, 7) is 2.02. The third-order valence-corrected chi connectivity index (χ3v) is 7.41. The molecule has 2 aromatic heterocycles. The van der Waals surface area contributed by atoms with Gasteiger partial charge in [0.15, 0.2) is 0 Å². The van der Waals surface area contributed by atoms with Gasteiger partial charge < -0.3 is 9.73 Å². The Balaban J connectivity index is 1.27. The quantitative estimate of drug-likeness (QED) is 0.273. The fourth-order valence-electron chi connectivity index (χ4n) is 5.30. The van der Waals surface area contributed by atoms with Crippen molar-refractivity contribution in [1.29, 1.82) is 0 Å². The smallest absolute Gasteiger partial charge is 0.374 e. The summed E-state index contributed by atoms with van der Waals surface area (Å²) >= 11 is 3.36. The molecule has 0 bridgehead atoms. The van der Waals surface area contributed by atoms with Crippen LogP contribution in [0.25, 0.3) is 21.9 Å². The maximum absolute atomic E-state index is 14.7. The summed E-state index contributed by atoms with van der Waals surface area (Å²) in [6.07, 6.45) is 6.81. The van der Waals surface area contributed by atoms with E-state index in [1.165, 1.54) is 11.6 Å². The summed E-state index contributed by atoms with van der Waals surface area (Å²) in [5.41, 5.74) is 1.57. The number of halogens is 3. The Bertz CT molecular complexity index is 1410. The number of rotatable bonds is 5. The second kappa shape index (κ2) is 9.45. The molecule has 0 saturated heterocycles. The molecule has 0 amide bonds. The predicted octanol–water partition coefficient (Wildman–Crippen LogP) is 7.55. The molecule has 0 radical (unpaired) electrons. The summed E-state index contributed by atoms with van der Waals surface area (Å²) in [6, 6.07) is 12.0. The van der Waals surface area contributed by atoms with E-state index in [1.54, 1.807) is 30.3 Å². The topological polar surface area (TPSA) is 55.1 Å². The van der Waals surface area contributed by atoms with Crippen LogP contribution < -0.4 is 10.9 Å². The number of hydrogen-bond donors (Lipinski definition) is 1. The average molecular weight is 527 g/mol. The van der Waals surface area contributed by atoms with Gasteiger partial charge in [-0.25, -0.2) is 9.18 Å². The van der Waals surface area contributed by atoms with Gasteiger partial charge in [0.05, 0.1) is 11.2 Å². The lowest BCUT2D eigenvalue weighted by Gasteiger charge is -2.31. The molecule has 1 aliphatic rings. The predicted molar refractivity (Wildman–Crippen MR) is 134 cm³/mol. The lowest BCUT2D eigenvalue weighted by Crippen LogP contribution is -2.24. The molecule has 5 rings (SSSR count). The Morgan fingerprint density at radius 3 is 2.68 bits per heavy atom. The molecule has 4 aromatic rings. The summed E-state index contributed by atoms with van der Waals surface area (Å²) in [4.78, 5) is 16.4. The van der Waals surface area contributed by atoms with Crippen LogP contribution in [-0.4, -0.2) is 11.0 Å². The molecule has 4 nitrogen and oxygen atoms in total. The molecule has 7 heteroatoms. The summed E-state index contributed by atoms with van der Waals surface area (Å²) in [7, 11) is 0. The number of nitrogens with one attached hydrogen (secondary N) is 1. The van der Waals surface area contributed by atoms with Crippen LogP contribution in [-0.2, 0) is 0 Å². The van der Waals surface area contributed by atoms with Crippen molar-refractivity contribution in [2.45, 2.75) is 51.0 Å². The van der Waals surface area contributed by atoms with Crippen LogP contribution >= 0.6 is 15.9 Å². The highest BCUT2D eigenvalue weighted by molar-refractivity contribution is 9.10. The van der Waals surface area contributed by atoms with Crippen molar-refractivity contribution in [3.8, 4) is 0 Å². The van der Waals surface area contributed by atoms with E-state index in [2.05, 4.69) is 26.2 Å². The Morgan fingerprint density at radius 2 is 1.88 bits per heavy atom. The molecule has 0 aliphatic heterocycles. The van der Waals surface area contributed by atoms with Crippen LogP contribution in [0.15, 0.2) is 62.3 Å². The fourth-order valence-corrected chi connectivity index (χ4v) is 5.64. The molecular weight excluding hydrogens is 502 g/mol. The number of nitrogens with zero attached hydrogens (tertiary/aromatic N) is 1. The Kier molecular flexibility index (Phi) is 6.38. The van der Waals surface area contributed by atoms with Gasteiger partial charge in [0.25, 0.3) is 0 Å². The monoisotopic (exact) mass is 526 g/mol. The first kappa shape index (κ1) is 23.0. The number of aromatic nitrogens is 1. The largest absolute Gasteiger partial charge is 0.420 e. The van der Waals surface area contributed by atoms with Crippen molar-refractivity contribution in [3.63, 3.8) is 0 Å². The minimum atomic E-state index is -0.971. The van der Waals surface area contributed by atoms with Gasteiger partial charge in [0.1, 0.15) is 11.4 Å². The summed E-state index contributed by atoms with van der Waals surface area (Å²) < 4.78 is 34.4. The zero-order chi connectivity index (χ0) is 23.8. The molecule has 2 heterocycles. The maximum Gasteiger partial charge on any atom is 0.374 e. The van der Waals surface area contributed by atoms with Gasteiger partial charge in [-0.15, -0.1) is 0 Å². The van der Waals surface area contributed by atoms with Crippen molar-refractivity contribution in [2.24, 2.45) is 5.92 Å². The molecule has 34 heavy (non-hydrogen) atoms. The van der Waals surface area contributed by atoms with Gasteiger partial charge in [-0.1, -0.05) is 15.9 Å². The molecule has 1 N–H and O–H groups in total. The average Bonchev–Trinajstić information content (AvgIpc) is 2.82. The van der Waals surface area contributed by atoms with Crippen LogP contribution in [0.3, 0.4) is 0 Å². The van der Waals surface area contributed by atoms with Crippen LogP contribution in [0.4, 0.5) is 14.5 Å². The Morgan fingerprint density at radius 1 is 1.09 bits per heavy atom. The molecule has 1 fully saturated rings. The van der Waals surface area contributed by atoms with E-state index in [4.69, 9.17) is 4.42 Å². The second-order valence-electron chi connectivity index (χ2n) is 9.28. The zero-order valence-corrected chi connectivity index (χ0v) is 20.4. The first-order valence-corrected chi connectivity index (χ1v) is 12.4. The van der Waals surface area contributed by atoms with E-state index in [1.807, 2.05) is 19.2 Å². The first-order valence-electron chi connectivity index (χ1n) is 11.6. The fraction of sp³-hybridized carbons (Fsp3) is 0.333. The van der Waals surface area contributed by atoms with Crippen molar-refractivity contribution in [3.05, 3.63) is 80.8 Å². The molecule has 1 saturated carbocycles. The zero-order valence-electron chi connectivity index (χ0n) is 18.8. The highest BCUT2D eigenvalue weighted by Crippen LogP contribution is 2.40. The van der Waals surface area contributed by atoms with Crippen molar-refractivity contribution < 1.29 is 13.2 Å². The first-order chi connectivity index (χ1) is 16.4. The van der Waals surface area contributed by atoms with Gasteiger partial charge in [0, 0.05) is 27.5 Å². The molecule has 0 unspecified atom stereocenters. The standard InChI is InChI=1S/C27H25BrF2N2O2/c1-15(32-26-21-8-6-18(28)13-24(21)34-27(33)25(26)30)12-16-2-4-17(5-3-16)20-10-11-31-23-9-7-19(29)14-22(20)23/h6-11,13-17,32H,2-5,12H2,1H3/t15-,16-,17+/m1/s1. The third kappa shape index (κ3) is 4.58. The van der Waals surface area contributed by atoms with Crippen LogP contribution in [0.5, 0.6) is 0 Å². The van der Waals surface area contributed by atoms with Crippen LogP contribution in [0, 0.1) is 17.6 Å². The SMILES string of the molecule is C[C@H](C[C@H]1CC[C@@H](c2ccnc3ccc(F)cc32)CC1)Nc1c(F)c(=O)oc2cc(Br)ccc12. The highest BCUT2D eigenvalue weighted by atomic mass is 79.9. The maximum atomic E-state index is 14.7. The molecule has 1 aliphatic carbocycles. The molecule has 2 aromatic carbocycles. The van der Waals surface area contributed by atoms with Gasteiger partial charge in [0.2, 0.25) is 5.82 Å². The minimum Gasteiger partial charge on any atom is -0.420 e. The number of benzene rings is 2. The van der Waals surface area contributed by atoms with E-state index in [-0.39, 0.29) is 17.5 Å². The summed E-state index contributed by atoms with van der Waals surface area (Å²) in [5.74, 6) is -0.253. The van der Waals surface area contributed by atoms with E-state index < -0.39 is 11.4 Å². The van der Waals surface area contributed by atoms with Gasteiger partial charge >= 0.3 is 5.63 Å². The van der Waals surface area contributed by atoms with E-state index in [0.717, 1.165) is 47.5 Å². The number of hydrogen-bond acceptors (Lipinski definition) is 4. The molecule has 0 spiro atoms. The normalized spacial score (nSPS) is 19.4.